The first kappa shape index (κ1) is 7.05. The summed E-state index contributed by atoms with van der Waals surface area (Å²) in [5, 5.41) is 10.1. The maximum absolute atomic E-state index is 10.1. The van der Waals surface area contributed by atoms with Gasteiger partial charge in [0.15, 0.2) is 0 Å². The van der Waals surface area contributed by atoms with Crippen molar-refractivity contribution in [3.05, 3.63) is 12.2 Å². The van der Waals surface area contributed by atoms with Gasteiger partial charge < -0.3 is 5.11 Å². The van der Waals surface area contributed by atoms with Gasteiger partial charge in [0, 0.05) is 5.41 Å². The van der Waals surface area contributed by atoms with E-state index in [-0.39, 0.29) is 6.10 Å². The van der Waals surface area contributed by atoms with Gasteiger partial charge in [0.25, 0.3) is 0 Å². The summed E-state index contributed by atoms with van der Waals surface area (Å²) < 4.78 is 0. The third kappa shape index (κ3) is 0.412. The van der Waals surface area contributed by atoms with Gasteiger partial charge in [-0.25, -0.2) is 0 Å². The fourth-order valence-electron chi connectivity index (χ4n) is 5.47. The molecule has 2 unspecified atom stereocenters. The molecule has 0 radical (unpaired) electrons. The van der Waals surface area contributed by atoms with E-state index >= 15 is 0 Å². The lowest BCUT2D eigenvalue weighted by Crippen LogP contribution is -2.25. The van der Waals surface area contributed by atoms with Gasteiger partial charge in [-0.2, -0.15) is 0 Å². The van der Waals surface area contributed by atoms with Gasteiger partial charge in [0.1, 0.15) is 0 Å². The molecule has 4 aliphatic carbocycles. The molecule has 4 atom stereocenters. The summed E-state index contributed by atoms with van der Waals surface area (Å²) in [6.07, 6.45) is 8.42. The lowest BCUT2D eigenvalue weighted by Gasteiger charge is -2.29. The molecule has 0 aromatic heterocycles. The fraction of sp³-hybridized carbons (Fsp3) is 0.833. The Kier molecular flexibility index (Phi) is 0.882. The largest absolute Gasteiger partial charge is 0.388 e. The van der Waals surface area contributed by atoms with Crippen molar-refractivity contribution in [1.82, 2.24) is 0 Å². The summed E-state index contributed by atoms with van der Waals surface area (Å²) in [6, 6.07) is 0. The SMILES string of the molecule is C[C@H]1C=C[C@@H](O)C23C4CCCC2C413. The van der Waals surface area contributed by atoms with E-state index in [1.165, 1.54) is 19.3 Å². The lowest BCUT2D eigenvalue weighted by atomic mass is 9.76. The van der Waals surface area contributed by atoms with E-state index in [1.54, 1.807) is 0 Å². The molecule has 4 aliphatic rings. The van der Waals surface area contributed by atoms with Crippen LogP contribution < -0.4 is 0 Å². The molecule has 3 fully saturated rings. The predicted molar refractivity (Wildman–Crippen MR) is 50.0 cm³/mol. The molecule has 0 amide bonds. The van der Waals surface area contributed by atoms with Gasteiger partial charge in [-0.05, 0) is 36.0 Å². The maximum atomic E-state index is 10.1. The molecule has 70 valence electrons. The van der Waals surface area contributed by atoms with Crippen LogP contribution in [0.1, 0.15) is 26.2 Å². The average Bonchev–Trinajstić information content (AvgIpc) is 2.99. The van der Waals surface area contributed by atoms with Crippen molar-refractivity contribution in [3.8, 4) is 0 Å². The minimum atomic E-state index is -0.0981. The van der Waals surface area contributed by atoms with E-state index in [1.807, 2.05) is 0 Å². The predicted octanol–water partition coefficient (Wildman–Crippen LogP) is 1.97. The van der Waals surface area contributed by atoms with Crippen LogP contribution in [0.15, 0.2) is 12.2 Å². The molecule has 4 rings (SSSR count). The van der Waals surface area contributed by atoms with Gasteiger partial charge in [-0.1, -0.05) is 25.5 Å². The Balaban J connectivity index is 1.86. The van der Waals surface area contributed by atoms with Crippen LogP contribution >= 0.6 is 0 Å². The molecule has 1 heteroatoms. The molecule has 13 heavy (non-hydrogen) atoms. The van der Waals surface area contributed by atoms with Gasteiger partial charge in [-0.15, -0.1) is 0 Å². The summed E-state index contributed by atoms with van der Waals surface area (Å²) in [4.78, 5) is 0. The number of allylic oxidation sites excluding steroid dienone is 1. The fourth-order valence-corrected chi connectivity index (χ4v) is 5.47. The third-order valence-electron chi connectivity index (χ3n) is 5.70. The molecule has 1 nitrogen and oxygen atoms in total. The number of rotatable bonds is 0. The van der Waals surface area contributed by atoms with E-state index < -0.39 is 0 Å². The lowest BCUT2D eigenvalue weighted by molar-refractivity contribution is 0.110. The topological polar surface area (TPSA) is 20.2 Å². The van der Waals surface area contributed by atoms with Gasteiger partial charge >= 0.3 is 0 Å². The van der Waals surface area contributed by atoms with Crippen molar-refractivity contribution < 1.29 is 5.11 Å². The Labute approximate surface area is 78.8 Å². The second kappa shape index (κ2) is 1.63. The van der Waals surface area contributed by atoms with Crippen LogP contribution in [0.3, 0.4) is 0 Å². The molecule has 0 aliphatic heterocycles. The Morgan fingerprint density at radius 3 is 2.46 bits per heavy atom. The van der Waals surface area contributed by atoms with Crippen LogP contribution in [0.4, 0.5) is 0 Å². The molecular weight excluding hydrogens is 160 g/mol. The third-order valence-corrected chi connectivity index (χ3v) is 5.70. The van der Waals surface area contributed by atoms with E-state index in [0.717, 1.165) is 17.8 Å². The van der Waals surface area contributed by atoms with Crippen LogP contribution in [0.5, 0.6) is 0 Å². The van der Waals surface area contributed by atoms with Crippen LogP contribution in [-0.4, -0.2) is 11.2 Å². The molecule has 1 N–H and O–H groups in total. The normalized spacial score (nSPS) is 71.2. The smallest absolute Gasteiger partial charge is 0.0788 e. The first-order valence-electron chi connectivity index (χ1n) is 5.63. The highest BCUT2D eigenvalue weighted by atomic mass is 16.3. The van der Waals surface area contributed by atoms with Gasteiger partial charge in [0.2, 0.25) is 0 Å². The standard InChI is InChI=1S/C12H16O/c1-7-5-6-10(13)12-8-3-2-4-9(12)11(7,8)12/h5-10,13H,2-4H2,1H3/t7-,8?,9?,10+,11?,12?/m0/s1. The van der Waals surface area contributed by atoms with Crippen molar-refractivity contribution in [2.75, 3.05) is 0 Å². The first-order chi connectivity index (χ1) is 6.27. The average molecular weight is 176 g/mol. The summed E-state index contributed by atoms with van der Waals surface area (Å²) in [7, 11) is 0. The zero-order chi connectivity index (χ0) is 8.84. The van der Waals surface area contributed by atoms with Crippen LogP contribution in [-0.2, 0) is 0 Å². The minimum absolute atomic E-state index is 0.0981. The van der Waals surface area contributed by atoms with Crippen molar-refractivity contribution in [1.29, 1.82) is 0 Å². The highest BCUT2D eigenvalue weighted by molar-refractivity contribution is 5.50. The molecular formula is C12H16O. The number of aliphatic hydroxyl groups is 1. The molecule has 0 heterocycles. The Hall–Kier alpha value is -0.300. The molecule has 0 aromatic carbocycles. The summed E-state index contributed by atoms with van der Waals surface area (Å²) in [6.45, 7) is 2.35. The molecule has 0 aromatic rings. The Morgan fingerprint density at radius 2 is 1.85 bits per heavy atom. The summed E-state index contributed by atoms with van der Waals surface area (Å²) >= 11 is 0. The zero-order valence-corrected chi connectivity index (χ0v) is 8.03. The van der Waals surface area contributed by atoms with E-state index in [4.69, 9.17) is 0 Å². The molecule has 0 bridgehead atoms. The van der Waals surface area contributed by atoms with Crippen molar-refractivity contribution in [2.24, 2.45) is 28.6 Å². The second-order valence-electron chi connectivity index (χ2n) is 5.52. The van der Waals surface area contributed by atoms with Crippen LogP contribution in [0.25, 0.3) is 0 Å². The number of hydrogen-bond donors (Lipinski definition) is 1. The number of hydrogen-bond acceptors (Lipinski definition) is 1. The van der Waals surface area contributed by atoms with E-state index in [9.17, 15) is 5.11 Å². The van der Waals surface area contributed by atoms with E-state index in [0.29, 0.717) is 10.8 Å². The summed E-state index contributed by atoms with van der Waals surface area (Å²) in [5.74, 6) is 2.52. The Bertz CT molecular complexity index is 279. The van der Waals surface area contributed by atoms with Gasteiger partial charge in [-0.3, -0.25) is 0 Å². The summed E-state index contributed by atoms with van der Waals surface area (Å²) in [5.41, 5.74) is 0.999. The van der Waals surface area contributed by atoms with Crippen LogP contribution in [0, 0.1) is 28.6 Å². The van der Waals surface area contributed by atoms with Crippen molar-refractivity contribution >= 4 is 0 Å². The van der Waals surface area contributed by atoms with Gasteiger partial charge in [0.05, 0.1) is 6.10 Å². The maximum Gasteiger partial charge on any atom is 0.0788 e. The first-order valence-corrected chi connectivity index (χ1v) is 5.63. The van der Waals surface area contributed by atoms with Crippen molar-refractivity contribution in [2.45, 2.75) is 32.3 Å². The second-order valence-corrected chi connectivity index (χ2v) is 5.52. The molecule has 3 saturated carbocycles. The van der Waals surface area contributed by atoms with Crippen molar-refractivity contribution in [3.63, 3.8) is 0 Å². The minimum Gasteiger partial charge on any atom is -0.388 e. The monoisotopic (exact) mass is 176 g/mol. The quantitative estimate of drug-likeness (QED) is 0.559. The Morgan fingerprint density at radius 1 is 1.15 bits per heavy atom. The number of aliphatic hydroxyl groups excluding tert-OH is 1. The van der Waals surface area contributed by atoms with Crippen LogP contribution in [0.2, 0.25) is 0 Å². The molecule has 1 spiro atoms. The highest BCUT2D eigenvalue weighted by Gasteiger charge is 3.00. The zero-order valence-electron chi connectivity index (χ0n) is 8.03. The highest BCUT2D eigenvalue weighted by Crippen LogP contribution is 3.01. The van der Waals surface area contributed by atoms with E-state index in [2.05, 4.69) is 19.1 Å². The molecule has 0 saturated heterocycles.